The Morgan fingerprint density at radius 2 is 2.50 bits per heavy atom. The summed E-state index contributed by atoms with van der Waals surface area (Å²) in [4.78, 5) is 10.9. The molecule has 0 amide bonds. The fourth-order valence-corrected chi connectivity index (χ4v) is 1.96. The van der Waals surface area contributed by atoms with Gasteiger partial charge in [-0.15, -0.1) is 0 Å². The number of carbonyl (C=O) groups excluding carboxylic acids is 1. The summed E-state index contributed by atoms with van der Waals surface area (Å²) >= 11 is 1.77. The summed E-state index contributed by atoms with van der Waals surface area (Å²) in [5.74, 6) is 1.47. The van der Waals surface area contributed by atoms with Gasteiger partial charge in [0.1, 0.15) is 5.78 Å². The molecule has 1 heterocycles. The minimum absolute atomic E-state index is 0.396. The summed E-state index contributed by atoms with van der Waals surface area (Å²) in [6, 6.07) is 0. The highest BCUT2D eigenvalue weighted by atomic mass is 32.2. The molecule has 0 aromatic heterocycles. The summed E-state index contributed by atoms with van der Waals surface area (Å²) in [7, 11) is 0. The molecule has 3 heteroatoms. The predicted molar refractivity (Wildman–Crippen MR) is 43.9 cm³/mol. The lowest BCUT2D eigenvalue weighted by molar-refractivity contribution is -0.120. The SMILES string of the molecule is CCSN1CCCC(=O)C1. The zero-order valence-electron chi connectivity index (χ0n) is 6.30. The van der Waals surface area contributed by atoms with Crippen LogP contribution in [0.5, 0.6) is 0 Å². The third-order valence-corrected chi connectivity index (χ3v) is 2.46. The first-order valence-corrected chi connectivity index (χ1v) is 4.66. The van der Waals surface area contributed by atoms with Gasteiger partial charge in [-0.25, -0.2) is 4.31 Å². The molecule has 2 nitrogen and oxygen atoms in total. The van der Waals surface area contributed by atoms with Crippen molar-refractivity contribution >= 4 is 17.7 Å². The van der Waals surface area contributed by atoms with Crippen LogP contribution in [0.3, 0.4) is 0 Å². The van der Waals surface area contributed by atoms with Gasteiger partial charge in [-0.05, 0) is 6.42 Å². The van der Waals surface area contributed by atoms with Crippen molar-refractivity contribution in [1.82, 2.24) is 4.31 Å². The molecular weight excluding hydrogens is 146 g/mol. The third-order valence-electron chi connectivity index (χ3n) is 1.53. The Bertz CT molecular complexity index is 125. The average Bonchev–Trinajstić information content (AvgIpc) is 1.88. The molecule has 0 saturated carbocycles. The van der Waals surface area contributed by atoms with Gasteiger partial charge in [0.05, 0.1) is 6.54 Å². The third kappa shape index (κ3) is 2.31. The van der Waals surface area contributed by atoms with Crippen molar-refractivity contribution in [3.8, 4) is 0 Å². The molecule has 0 aromatic rings. The van der Waals surface area contributed by atoms with E-state index in [4.69, 9.17) is 0 Å². The molecule has 0 N–H and O–H groups in total. The minimum Gasteiger partial charge on any atom is -0.298 e. The van der Waals surface area contributed by atoms with Crippen molar-refractivity contribution in [3.63, 3.8) is 0 Å². The van der Waals surface area contributed by atoms with Gasteiger partial charge in [-0.3, -0.25) is 4.79 Å². The summed E-state index contributed by atoms with van der Waals surface area (Å²) in [5, 5.41) is 0. The van der Waals surface area contributed by atoms with Crippen LogP contribution in [-0.2, 0) is 4.79 Å². The molecule has 1 fully saturated rings. The van der Waals surface area contributed by atoms with Crippen molar-refractivity contribution in [2.45, 2.75) is 19.8 Å². The van der Waals surface area contributed by atoms with Gasteiger partial charge in [0, 0.05) is 18.7 Å². The molecule has 0 bridgehead atoms. The summed E-state index contributed by atoms with van der Waals surface area (Å²) in [5.41, 5.74) is 0. The lowest BCUT2D eigenvalue weighted by Gasteiger charge is -2.23. The van der Waals surface area contributed by atoms with Crippen LogP contribution >= 0.6 is 11.9 Å². The molecule has 1 rings (SSSR count). The first kappa shape index (κ1) is 8.08. The Morgan fingerprint density at radius 1 is 1.70 bits per heavy atom. The fraction of sp³-hybridized carbons (Fsp3) is 0.857. The molecule has 0 spiro atoms. The fourth-order valence-electron chi connectivity index (χ4n) is 1.10. The molecule has 0 aliphatic carbocycles. The van der Waals surface area contributed by atoms with Crippen LogP contribution < -0.4 is 0 Å². The van der Waals surface area contributed by atoms with E-state index >= 15 is 0 Å². The molecule has 1 aliphatic heterocycles. The zero-order valence-corrected chi connectivity index (χ0v) is 7.12. The maximum atomic E-state index is 10.9. The summed E-state index contributed by atoms with van der Waals surface area (Å²) in [6.07, 6.45) is 1.84. The van der Waals surface area contributed by atoms with Crippen molar-refractivity contribution in [3.05, 3.63) is 0 Å². The maximum absolute atomic E-state index is 10.9. The normalized spacial score (nSPS) is 21.5. The van der Waals surface area contributed by atoms with Crippen LogP contribution in [0.4, 0.5) is 0 Å². The van der Waals surface area contributed by atoms with Crippen LogP contribution in [0.25, 0.3) is 0 Å². The van der Waals surface area contributed by atoms with Gasteiger partial charge >= 0.3 is 0 Å². The van der Waals surface area contributed by atoms with Gasteiger partial charge in [0.15, 0.2) is 0 Å². The van der Waals surface area contributed by atoms with Crippen molar-refractivity contribution < 1.29 is 4.79 Å². The van der Waals surface area contributed by atoms with Crippen molar-refractivity contribution in [2.24, 2.45) is 0 Å². The molecular formula is C7H13NOS. The van der Waals surface area contributed by atoms with Gasteiger partial charge in [-0.2, -0.15) is 0 Å². The topological polar surface area (TPSA) is 20.3 Å². The molecule has 0 radical (unpaired) electrons. The number of ketones is 1. The minimum atomic E-state index is 0.396. The number of piperidine rings is 1. The highest BCUT2D eigenvalue weighted by Crippen LogP contribution is 2.15. The average molecular weight is 159 g/mol. The number of nitrogens with zero attached hydrogens (tertiary/aromatic N) is 1. The number of carbonyl (C=O) groups is 1. The predicted octanol–water partition coefficient (Wildman–Crippen LogP) is 1.32. The molecule has 0 atom stereocenters. The lowest BCUT2D eigenvalue weighted by atomic mass is 10.1. The van der Waals surface area contributed by atoms with E-state index in [2.05, 4.69) is 11.2 Å². The van der Waals surface area contributed by atoms with Crippen LogP contribution in [0, 0.1) is 0 Å². The monoisotopic (exact) mass is 159 g/mol. The Labute approximate surface area is 66.1 Å². The van der Waals surface area contributed by atoms with Crippen molar-refractivity contribution in [2.75, 3.05) is 18.8 Å². The highest BCUT2D eigenvalue weighted by molar-refractivity contribution is 7.97. The van der Waals surface area contributed by atoms with Crippen LogP contribution in [-0.4, -0.2) is 28.9 Å². The van der Waals surface area contributed by atoms with E-state index in [1.54, 1.807) is 11.9 Å². The number of rotatable bonds is 2. The molecule has 0 unspecified atom stereocenters. The van der Waals surface area contributed by atoms with Crippen molar-refractivity contribution in [1.29, 1.82) is 0 Å². The van der Waals surface area contributed by atoms with E-state index in [1.165, 1.54) is 0 Å². The quantitative estimate of drug-likeness (QED) is 0.567. The van der Waals surface area contributed by atoms with Gasteiger partial charge in [0.25, 0.3) is 0 Å². The van der Waals surface area contributed by atoms with Crippen LogP contribution in [0.15, 0.2) is 0 Å². The summed E-state index contributed by atoms with van der Waals surface area (Å²) in [6.45, 7) is 3.87. The van der Waals surface area contributed by atoms with E-state index in [-0.39, 0.29) is 0 Å². The summed E-state index contributed by atoms with van der Waals surface area (Å²) < 4.78 is 2.16. The van der Waals surface area contributed by atoms with Crippen LogP contribution in [0.2, 0.25) is 0 Å². The second-order valence-electron chi connectivity index (χ2n) is 2.42. The van der Waals surface area contributed by atoms with Gasteiger partial charge in [-0.1, -0.05) is 18.9 Å². The Kier molecular flexibility index (Phi) is 3.22. The number of hydrogen-bond donors (Lipinski definition) is 0. The van der Waals surface area contributed by atoms with Crippen LogP contribution in [0.1, 0.15) is 19.8 Å². The van der Waals surface area contributed by atoms with E-state index in [9.17, 15) is 4.79 Å². The number of Topliss-reactive ketones (excluding diaryl/α,β-unsaturated/α-hetero) is 1. The molecule has 1 saturated heterocycles. The van der Waals surface area contributed by atoms with E-state index in [1.807, 2.05) is 0 Å². The molecule has 1 aliphatic rings. The highest BCUT2D eigenvalue weighted by Gasteiger charge is 2.15. The second kappa shape index (κ2) is 3.98. The second-order valence-corrected chi connectivity index (χ2v) is 3.78. The maximum Gasteiger partial charge on any atom is 0.147 e. The van der Waals surface area contributed by atoms with Gasteiger partial charge < -0.3 is 0 Å². The Hall–Kier alpha value is -0.0200. The molecule has 58 valence electrons. The number of hydrogen-bond acceptors (Lipinski definition) is 3. The first-order chi connectivity index (χ1) is 4.83. The smallest absolute Gasteiger partial charge is 0.147 e. The Balaban J connectivity index is 2.25. The standard InChI is InChI=1S/C7H13NOS/c1-2-10-8-5-3-4-7(9)6-8/h2-6H2,1H3. The molecule has 10 heavy (non-hydrogen) atoms. The largest absolute Gasteiger partial charge is 0.298 e. The molecule has 0 aromatic carbocycles. The zero-order chi connectivity index (χ0) is 7.40. The van der Waals surface area contributed by atoms with E-state index in [0.29, 0.717) is 12.3 Å². The van der Waals surface area contributed by atoms with Gasteiger partial charge in [0.2, 0.25) is 0 Å². The first-order valence-electron chi connectivity index (χ1n) is 3.72. The lowest BCUT2D eigenvalue weighted by Crippen LogP contribution is -2.30. The van der Waals surface area contributed by atoms with E-state index < -0.39 is 0 Å². The Morgan fingerprint density at radius 3 is 3.10 bits per heavy atom. The van der Waals surface area contributed by atoms with E-state index in [0.717, 1.165) is 25.1 Å².